The van der Waals surface area contributed by atoms with E-state index in [1.807, 2.05) is 6.07 Å². The van der Waals surface area contributed by atoms with Crippen molar-refractivity contribution in [3.63, 3.8) is 0 Å². The van der Waals surface area contributed by atoms with E-state index < -0.39 is 0 Å². The molecule has 0 saturated heterocycles. The standard InChI is InChI=1S/C14H24ClNS/c1-10(2)8-16-9-12(4)11(3)7-13-5-6-14(15)17-13/h5-6,10-12,16H,7-9H2,1-4H3. The van der Waals surface area contributed by atoms with E-state index in [-0.39, 0.29) is 0 Å². The van der Waals surface area contributed by atoms with Crippen LogP contribution in [0.1, 0.15) is 32.6 Å². The molecule has 2 unspecified atom stereocenters. The van der Waals surface area contributed by atoms with Crippen molar-refractivity contribution in [3.8, 4) is 0 Å². The lowest BCUT2D eigenvalue weighted by Gasteiger charge is -2.20. The molecule has 0 bridgehead atoms. The van der Waals surface area contributed by atoms with Crippen molar-refractivity contribution in [3.05, 3.63) is 21.3 Å². The normalized spacial score (nSPS) is 15.2. The summed E-state index contributed by atoms with van der Waals surface area (Å²) in [5.41, 5.74) is 0. The molecule has 1 heterocycles. The molecule has 0 radical (unpaired) electrons. The largest absolute Gasteiger partial charge is 0.316 e. The summed E-state index contributed by atoms with van der Waals surface area (Å²) in [5.74, 6) is 2.13. The minimum atomic E-state index is 0.698. The number of nitrogens with one attached hydrogen (secondary N) is 1. The first-order chi connectivity index (χ1) is 7.99. The zero-order chi connectivity index (χ0) is 12.8. The first-order valence-corrected chi connectivity index (χ1v) is 7.63. The summed E-state index contributed by atoms with van der Waals surface area (Å²) in [6, 6.07) is 4.15. The van der Waals surface area contributed by atoms with Gasteiger partial charge in [0, 0.05) is 4.88 Å². The lowest BCUT2D eigenvalue weighted by atomic mass is 9.92. The molecule has 0 aliphatic carbocycles. The number of halogens is 1. The summed E-state index contributed by atoms with van der Waals surface area (Å²) in [5, 5.41) is 3.53. The third-order valence-corrected chi connectivity index (χ3v) is 4.40. The Morgan fingerprint density at radius 1 is 1.12 bits per heavy atom. The molecular weight excluding hydrogens is 250 g/mol. The van der Waals surface area contributed by atoms with Crippen molar-refractivity contribution in [1.29, 1.82) is 0 Å². The van der Waals surface area contributed by atoms with Crippen LogP contribution in [0, 0.1) is 17.8 Å². The van der Waals surface area contributed by atoms with E-state index in [1.165, 1.54) is 4.88 Å². The molecule has 0 aliphatic rings. The zero-order valence-electron chi connectivity index (χ0n) is 11.3. The lowest BCUT2D eigenvalue weighted by molar-refractivity contribution is 0.359. The molecule has 1 aromatic rings. The van der Waals surface area contributed by atoms with Crippen molar-refractivity contribution in [1.82, 2.24) is 5.32 Å². The second-order valence-corrected chi connectivity index (χ2v) is 7.22. The fourth-order valence-electron chi connectivity index (χ4n) is 1.78. The summed E-state index contributed by atoms with van der Waals surface area (Å²) in [4.78, 5) is 1.40. The smallest absolute Gasteiger partial charge is 0.0931 e. The molecule has 0 spiro atoms. The average Bonchev–Trinajstić information content (AvgIpc) is 2.63. The van der Waals surface area contributed by atoms with Gasteiger partial charge in [-0.15, -0.1) is 11.3 Å². The van der Waals surface area contributed by atoms with Crippen molar-refractivity contribution in [2.75, 3.05) is 13.1 Å². The molecule has 1 rings (SSSR count). The molecule has 1 nitrogen and oxygen atoms in total. The minimum absolute atomic E-state index is 0.698. The molecule has 0 saturated carbocycles. The van der Waals surface area contributed by atoms with Crippen LogP contribution in [-0.4, -0.2) is 13.1 Å². The van der Waals surface area contributed by atoms with E-state index in [0.717, 1.165) is 29.8 Å². The van der Waals surface area contributed by atoms with Crippen molar-refractivity contribution in [2.24, 2.45) is 17.8 Å². The first-order valence-electron chi connectivity index (χ1n) is 6.44. The van der Waals surface area contributed by atoms with E-state index in [0.29, 0.717) is 11.8 Å². The molecule has 3 heteroatoms. The van der Waals surface area contributed by atoms with Crippen LogP contribution in [0.3, 0.4) is 0 Å². The van der Waals surface area contributed by atoms with Gasteiger partial charge in [-0.3, -0.25) is 0 Å². The zero-order valence-corrected chi connectivity index (χ0v) is 12.9. The Balaban J connectivity index is 2.29. The van der Waals surface area contributed by atoms with Crippen LogP contribution in [0.5, 0.6) is 0 Å². The van der Waals surface area contributed by atoms with Crippen LogP contribution in [0.25, 0.3) is 0 Å². The Hall–Kier alpha value is -0.0500. The molecule has 0 aliphatic heterocycles. The van der Waals surface area contributed by atoms with E-state index in [2.05, 4.69) is 39.1 Å². The molecule has 98 valence electrons. The maximum atomic E-state index is 5.95. The monoisotopic (exact) mass is 273 g/mol. The third-order valence-electron chi connectivity index (χ3n) is 3.14. The molecule has 1 aromatic heterocycles. The molecule has 2 atom stereocenters. The van der Waals surface area contributed by atoms with Crippen molar-refractivity contribution >= 4 is 22.9 Å². The summed E-state index contributed by atoms with van der Waals surface area (Å²) in [6.07, 6.45) is 1.14. The summed E-state index contributed by atoms with van der Waals surface area (Å²) < 4.78 is 0.901. The number of rotatable bonds is 7. The van der Waals surface area contributed by atoms with Gasteiger partial charge in [-0.05, 0) is 49.4 Å². The lowest BCUT2D eigenvalue weighted by Crippen LogP contribution is -2.28. The number of hydrogen-bond acceptors (Lipinski definition) is 2. The van der Waals surface area contributed by atoms with E-state index in [4.69, 9.17) is 11.6 Å². The van der Waals surface area contributed by atoms with E-state index >= 15 is 0 Å². The fourth-order valence-corrected chi connectivity index (χ4v) is 3.01. The number of thiophene rings is 1. The van der Waals surface area contributed by atoms with Gasteiger partial charge < -0.3 is 5.32 Å². The number of hydrogen-bond donors (Lipinski definition) is 1. The van der Waals surface area contributed by atoms with Gasteiger partial charge in [0.25, 0.3) is 0 Å². The second-order valence-electron chi connectivity index (χ2n) is 5.42. The van der Waals surface area contributed by atoms with Gasteiger partial charge in [0.05, 0.1) is 4.34 Å². The Morgan fingerprint density at radius 3 is 2.35 bits per heavy atom. The summed E-state index contributed by atoms with van der Waals surface area (Å²) in [6.45, 7) is 11.4. The van der Waals surface area contributed by atoms with Crippen LogP contribution in [0.4, 0.5) is 0 Å². The molecule has 0 amide bonds. The molecule has 1 N–H and O–H groups in total. The predicted molar refractivity (Wildman–Crippen MR) is 79.1 cm³/mol. The average molecular weight is 274 g/mol. The van der Waals surface area contributed by atoms with Gasteiger partial charge in [-0.2, -0.15) is 0 Å². The Kier molecular flexibility index (Phi) is 6.53. The highest BCUT2D eigenvalue weighted by Crippen LogP contribution is 2.25. The molecular formula is C14H24ClNS. The SMILES string of the molecule is CC(C)CNCC(C)C(C)Cc1ccc(Cl)s1. The predicted octanol–water partition coefficient (Wildman–Crippen LogP) is 4.46. The molecule has 0 fully saturated rings. The fraction of sp³-hybridized carbons (Fsp3) is 0.714. The van der Waals surface area contributed by atoms with Crippen LogP contribution in [-0.2, 0) is 6.42 Å². The van der Waals surface area contributed by atoms with Crippen LogP contribution in [0.2, 0.25) is 4.34 Å². The topological polar surface area (TPSA) is 12.0 Å². The van der Waals surface area contributed by atoms with Crippen molar-refractivity contribution in [2.45, 2.75) is 34.1 Å². The third kappa shape index (κ3) is 5.89. The highest BCUT2D eigenvalue weighted by molar-refractivity contribution is 7.16. The highest BCUT2D eigenvalue weighted by Gasteiger charge is 2.13. The van der Waals surface area contributed by atoms with Crippen LogP contribution in [0.15, 0.2) is 12.1 Å². The van der Waals surface area contributed by atoms with Gasteiger partial charge in [-0.1, -0.05) is 39.3 Å². The van der Waals surface area contributed by atoms with Crippen LogP contribution >= 0.6 is 22.9 Å². The summed E-state index contributed by atoms with van der Waals surface area (Å²) >= 11 is 7.66. The Labute approximate surface area is 115 Å². The van der Waals surface area contributed by atoms with Crippen LogP contribution < -0.4 is 5.32 Å². The molecule has 0 aromatic carbocycles. The highest BCUT2D eigenvalue weighted by atomic mass is 35.5. The minimum Gasteiger partial charge on any atom is -0.316 e. The maximum absolute atomic E-state index is 5.95. The maximum Gasteiger partial charge on any atom is 0.0931 e. The van der Waals surface area contributed by atoms with E-state index in [9.17, 15) is 0 Å². The van der Waals surface area contributed by atoms with E-state index in [1.54, 1.807) is 11.3 Å². The Morgan fingerprint density at radius 2 is 1.82 bits per heavy atom. The second kappa shape index (κ2) is 7.40. The van der Waals surface area contributed by atoms with Gasteiger partial charge in [0.1, 0.15) is 0 Å². The molecule has 17 heavy (non-hydrogen) atoms. The van der Waals surface area contributed by atoms with Gasteiger partial charge in [-0.25, -0.2) is 0 Å². The van der Waals surface area contributed by atoms with Gasteiger partial charge in [0.2, 0.25) is 0 Å². The van der Waals surface area contributed by atoms with Crippen molar-refractivity contribution < 1.29 is 0 Å². The quantitative estimate of drug-likeness (QED) is 0.773. The van der Waals surface area contributed by atoms with Gasteiger partial charge >= 0.3 is 0 Å². The summed E-state index contributed by atoms with van der Waals surface area (Å²) in [7, 11) is 0. The Bertz CT molecular complexity index is 322. The first kappa shape index (κ1) is 15.0. The van der Waals surface area contributed by atoms with Gasteiger partial charge in [0.15, 0.2) is 0 Å².